The number of nitro groups is 1. The van der Waals surface area contributed by atoms with E-state index in [2.05, 4.69) is 0 Å². The summed E-state index contributed by atoms with van der Waals surface area (Å²) < 4.78 is 10.6. The number of rotatable bonds is 6. The summed E-state index contributed by atoms with van der Waals surface area (Å²) in [5.74, 6) is 0.433. The number of anilines is 1. The van der Waals surface area contributed by atoms with Gasteiger partial charge >= 0.3 is 0 Å². The predicted molar refractivity (Wildman–Crippen MR) is 64.1 cm³/mol. The topological polar surface area (TPSA) is 87.6 Å². The van der Waals surface area contributed by atoms with Gasteiger partial charge < -0.3 is 15.2 Å². The van der Waals surface area contributed by atoms with Crippen LogP contribution < -0.4 is 10.5 Å². The van der Waals surface area contributed by atoms with Gasteiger partial charge in [-0.3, -0.25) is 10.1 Å². The van der Waals surface area contributed by atoms with E-state index >= 15 is 0 Å². The molecule has 0 aliphatic heterocycles. The molecule has 0 bridgehead atoms. The molecule has 94 valence electrons. The van der Waals surface area contributed by atoms with E-state index in [1.807, 2.05) is 13.8 Å². The van der Waals surface area contributed by atoms with E-state index in [-0.39, 0.29) is 17.5 Å². The Morgan fingerprint density at radius 3 is 2.65 bits per heavy atom. The number of nitro benzene ring substituents is 1. The van der Waals surface area contributed by atoms with Crippen LogP contribution in [0.5, 0.6) is 5.75 Å². The molecule has 0 unspecified atom stereocenters. The molecule has 0 fully saturated rings. The highest BCUT2D eigenvalue weighted by atomic mass is 16.6. The molecular formula is C11H16N2O4. The van der Waals surface area contributed by atoms with E-state index in [1.165, 1.54) is 18.2 Å². The molecular weight excluding hydrogens is 224 g/mol. The SMILES string of the molecule is CC(C)OCCOc1ccc([N+](=O)[O-])cc1N. The fraction of sp³-hybridized carbons (Fsp3) is 0.455. The first-order valence-electron chi connectivity index (χ1n) is 5.29. The summed E-state index contributed by atoms with van der Waals surface area (Å²) in [6.07, 6.45) is 0.146. The Morgan fingerprint density at radius 2 is 2.12 bits per heavy atom. The van der Waals surface area contributed by atoms with Crippen molar-refractivity contribution in [2.24, 2.45) is 0 Å². The summed E-state index contributed by atoms with van der Waals surface area (Å²) in [6.45, 7) is 4.68. The average Bonchev–Trinajstić information content (AvgIpc) is 2.25. The van der Waals surface area contributed by atoms with Crippen molar-refractivity contribution in [1.82, 2.24) is 0 Å². The van der Waals surface area contributed by atoms with Crippen LogP contribution in [0.25, 0.3) is 0 Å². The lowest BCUT2D eigenvalue weighted by Gasteiger charge is -2.10. The van der Waals surface area contributed by atoms with Crippen molar-refractivity contribution < 1.29 is 14.4 Å². The highest BCUT2D eigenvalue weighted by Gasteiger charge is 2.09. The highest BCUT2D eigenvalue weighted by Crippen LogP contribution is 2.26. The van der Waals surface area contributed by atoms with Crippen LogP contribution in [-0.4, -0.2) is 24.2 Å². The molecule has 0 radical (unpaired) electrons. The van der Waals surface area contributed by atoms with Gasteiger partial charge in [0.1, 0.15) is 12.4 Å². The summed E-state index contributed by atoms with van der Waals surface area (Å²) in [7, 11) is 0. The van der Waals surface area contributed by atoms with Crippen LogP contribution >= 0.6 is 0 Å². The molecule has 1 aromatic carbocycles. The number of nitrogen functional groups attached to an aromatic ring is 1. The summed E-state index contributed by atoms with van der Waals surface area (Å²) in [6, 6.07) is 4.12. The Kier molecular flexibility index (Phi) is 4.71. The van der Waals surface area contributed by atoms with E-state index < -0.39 is 4.92 Å². The Morgan fingerprint density at radius 1 is 1.41 bits per heavy atom. The van der Waals surface area contributed by atoms with E-state index in [0.29, 0.717) is 19.0 Å². The number of hydrogen-bond donors (Lipinski definition) is 1. The Labute approximate surface area is 99.5 Å². The largest absolute Gasteiger partial charge is 0.489 e. The van der Waals surface area contributed by atoms with E-state index in [1.54, 1.807) is 0 Å². The summed E-state index contributed by atoms with van der Waals surface area (Å²) in [5.41, 5.74) is 5.84. The van der Waals surface area contributed by atoms with Gasteiger partial charge in [-0.15, -0.1) is 0 Å². The first-order valence-corrected chi connectivity index (χ1v) is 5.29. The summed E-state index contributed by atoms with van der Waals surface area (Å²) >= 11 is 0. The van der Waals surface area contributed by atoms with Crippen LogP contribution in [0.4, 0.5) is 11.4 Å². The van der Waals surface area contributed by atoms with E-state index in [9.17, 15) is 10.1 Å². The Hall–Kier alpha value is -1.82. The molecule has 0 saturated carbocycles. The van der Waals surface area contributed by atoms with Crippen molar-refractivity contribution in [3.8, 4) is 5.75 Å². The molecule has 0 amide bonds. The van der Waals surface area contributed by atoms with E-state index in [0.717, 1.165) is 0 Å². The molecule has 1 rings (SSSR count). The van der Waals surface area contributed by atoms with Crippen molar-refractivity contribution in [2.75, 3.05) is 18.9 Å². The van der Waals surface area contributed by atoms with Gasteiger partial charge in [0.05, 0.1) is 23.3 Å². The minimum absolute atomic E-state index is 0.0479. The molecule has 0 spiro atoms. The second kappa shape index (κ2) is 6.05. The van der Waals surface area contributed by atoms with Gasteiger partial charge in [-0.05, 0) is 19.9 Å². The maximum Gasteiger partial charge on any atom is 0.271 e. The molecule has 0 heterocycles. The zero-order chi connectivity index (χ0) is 12.8. The number of hydrogen-bond acceptors (Lipinski definition) is 5. The Bertz CT molecular complexity index is 393. The average molecular weight is 240 g/mol. The maximum absolute atomic E-state index is 10.5. The van der Waals surface area contributed by atoms with Crippen LogP contribution in [0.2, 0.25) is 0 Å². The fourth-order valence-electron chi connectivity index (χ4n) is 1.22. The summed E-state index contributed by atoms with van der Waals surface area (Å²) in [4.78, 5) is 9.99. The van der Waals surface area contributed by atoms with Crippen molar-refractivity contribution in [1.29, 1.82) is 0 Å². The first-order chi connectivity index (χ1) is 8.00. The van der Waals surface area contributed by atoms with Gasteiger partial charge in [-0.25, -0.2) is 0 Å². The fourth-order valence-corrected chi connectivity index (χ4v) is 1.22. The molecule has 0 aromatic heterocycles. The lowest BCUT2D eigenvalue weighted by Crippen LogP contribution is -2.11. The maximum atomic E-state index is 10.5. The van der Waals surface area contributed by atoms with Crippen LogP contribution in [0.15, 0.2) is 18.2 Å². The van der Waals surface area contributed by atoms with E-state index in [4.69, 9.17) is 15.2 Å². The van der Waals surface area contributed by atoms with Gasteiger partial charge in [0, 0.05) is 12.1 Å². The minimum Gasteiger partial charge on any atom is -0.489 e. The van der Waals surface area contributed by atoms with Crippen molar-refractivity contribution in [2.45, 2.75) is 20.0 Å². The van der Waals surface area contributed by atoms with Crippen LogP contribution in [0.1, 0.15) is 13.8 Å². The zero-order valence-electron chi connectivity index (χ0n) is 9.88. The van der Waals surface area contributed by atoms with Gasteiger partial charge in [-0.1, -0.05) is 0 Å². The van der Waals surface area contributed by atoms with Gasteiger partial charge in [0.2, 0.25) is 0 Å². The van der Waals surface area contributed by atoms with Crippen LogP contribution in [0, 0.1) is 10.1 Å². The van der Waals surface area contributed by atoms with Gasteiger partial charge in [-0.2, -0.15) is 0 Å². The minimum atomic E-state index is -0.498. The molecule has 0 aliphatic rings. The van der Waals surface area contributed by atoms with Gasteiger partial charge in [0.15, 0.2) is 0 Å². The van der Waals surface area contributed by atoms with Crippen molar-refractivity contribution in [3.05, 3.63) is 28.3 Å². The molecule has 0 atom stereocenters. The molecule has 6 heteroatoms. The molecule has 0 aliphatic carbocycles. The van der Waals surface area contributed by atoms with Crippen molar-refractivity contribution >= 4 is 11.4 Å². The van der Waals surface area contributed by atoms with Crippen LogP contribution in [0.3, 0.4) is 0 Å². The van der Waals surface area contributed by atoms with Crippen molar-refractivity contribution in [3.63, 3.8) is 0 Å². The number of non-ortho nitro benzene ring substituents is 1. The molecule has 1 aromatic rings. The molecule has 17 heavy (non-hydrogen) atoms. The lowest BCUT2D eigenvalue weighted by atomic mass is 10.2. The molecule has 6 nitrogen and oxygen atoms in total. The normalized spacial score (nSPS) is 10.5. The monoisotopic (exact) mass is 240 g/mol. The standard InChI is InChI=1S/C11H16N2O4/c1-8(2)16-5-6-17-11-4-3-9(13(14)15)7-10(11)12/h3-4,7-8H,5-6,12H2,1-2H3. The Balaban J connectivity index is 2.52. The second-order valence-corrected chi connectivity index (χ2v) is 3.75. The third-order valence-electron chi connectivity index (χ3n) is 2.00. The molecule has 0 saturated heterocycles. The first kappa shape index (κ1) is 13.2. The number of benzene rings is 1. The lowest BCUT2D eigenvalue weighted by molar-refractivity contribution is -0.384. The molecule has 2 N–H and O–H groups in total. The highest BCUT2D eigenvalue weighted by molar-refractivity contribution is 5.58. The number of nitrogens with zero attached hydrogens (tertiary/aromatic N) is 1. The zero-order valence-corrected chi connectivity index (χ0v) is 9.88. The number of nitrogens with two attached hydrogens (primary N) is 1. The predicted octanol–water partition coefficient (Wildman–Crippen LogP) is 1.98. The van der Waals surface area contributed by atoms with Crippen LogP contribution in [-0.2, 0) is 4.74 Å². The number of ether oxygens (including phenoxy) is 2. The quantitative estimate of drug-likeness (QED) is 0.355. The second-order valence-electron chi connectivity index (χ2n) is 3.75. The summed E-state index contributed by atoms with van der Waals surface area (Å²) in [5, 5.41) is 10.5. The smallest absolute Gasteiger partial charge is 0.271 e. The third-order valence-corrected chi connectivity index (χ3v) is 2.00. The van der Waals surface area contributed by atoms with Gasteiger partial charge in [0.25, 0.3) is 5.69 Å². The third kappa shape index (κ3) is 4.28.